The van der Waals surface area contributed by atoms with Crippen molar-refractivity contribution in [2.45, 2.75) is 13.1 Å². The van der Waals surface area contributed by atoms with Gasteiger partial charge in [0.2, 0.25) is 0 Å². The Hall–Kier alpha value is -1.03. The van der Waals surface area contributed by atoms with Gasteiger partial charge in [0.1, 0.15) is 6.26 Å². The summed E-state index contributed by atoms with van der Waals surface area (Å²) in [5.74, 6) is 0. The smallest absolute Gasteiger partial charge is 0.124 e. The Morgan fingerprint density at radius 2 is 2.00 bits per heavy atom. The second-order valence-corrected chi connectivity index (χ2v) is 4.16. The van der Waals surface area contributed by atoms with Crippen LogP contribution in [0.15, 0.2) is 35.1 Å². The number of hydrogen-bond acceptors (Lipinski definition) is 3. The number of halogens is 2. The minimum atomic E-state index is 0.571. The number of aromatic nitrogens is 1. The molecule has 0 amide bonds. The molecular weight excluding hydrogens is 247 g/mol. The van der Waals surface area contributed by atoms with Crippen molar-refractivity contribution in [3.63, 3.8) is 0 Å². The van der Waals surface area contributed by atoms with E-state index < -0.39 is 0 Å². The van der Waals surface area contributed by atoms with Crippen LogP contribution >= 0.6 is 23.2 Å². The summed E-state index contributed by atoms with van der Waals surface area (Å²) in [4.78, 5) is 0. The van der Waals surface area contributed by atoms with Crippen LogP contribution in [-0.4, -0.2) is 5.16 Å². The summed E-state index contributed by atoms with van der Waals surface area (Å²) >= 11 is 11.7. The lowest BCUT2D eigenvalue weighted by Gasteiger charge is -2.04. The molecule has 0 spiro atoms. The van der Waals surface area contributed by atoms with Crippen molar-refractivity contribution in [3.05, 3.63) is 51.8 Å². The van der Waals surface area contributed by atoms with Gasteiger partial charge in [0.15, 0.2) is 0 Å². The van der Waals surface area contributed by atoms with Crippen LogP contribution in [0, 0.1) is 0 Å². The van der Waals surface area contributed by atoms with Gasteiger partial charge in [0.05, 0.1) is 15.7 Å². The molecule has 2 rings (SSSR count). The first-order valence-corrected chi connectivity index (χ1v) is 5.55. The van der Waals surface area contributed by atoms with Gasteiger partial charge in [-0.3, -0.25) is 0 Å². The monoisotopic (exact) mass is 256 g/mol. The van der Waals surface area contributed by atoms with E-state index in [0.29, 0.717) is 23.1 Å². The van der Waals surface area contributed by atoms with E-state index in [1.165, 1.54) is 0 Å². The molecule has 0 aliphatic rings. The lowest BCUT2D eigenvalue weighted by Crippen LogP contribution is -2.12. The van der Waals surface area contributed by atoms with Gasteiger partial charge in [-0.15, -0.1) is 0 Å². The van der Waals surface area contributed by atoms with Gasteiger partial charge in [0, 0.05) is 19.2 Å². The van der Waals surface area contributed by atoms with Gasteiger partial charge in [-0.05, 0) is 17.7 Å². The second kappa shape index (κ2) is 5.34. The minimum absolute atomic E-state index is 0.571. The lowest BCUT2D eigenvalue weighted by atomic mass is 10.2. The molecule has 0 aliphatic heterocycles. The zero-order chi connectivity index (χ0) is 11.4. The second-order valence-electron chi connectivity index (χ2n) is 3.34. The normalized spacial score (nSPS) is 10.6. The fraction of sp³-hybridized carbons (Fsp3) is 0.182. The maximum absolute atomic E-state index is 5.91. The van der Waals surface area contributed by atoms with Crippen molar-refractivity contribution >= 4 is 23.2 Å². The molecule has 0 fully saturated rings. The van der Waals surface area contributed by atoms with Crippen molar-refractivity contribution in [2.24, 2.45) is 0 Å². The average Bonchev–Trinajstić information content (AvgIpc) is 2.76. The number of nitrogens with one attached hydrogen (secondary N) is 1. The van der Waals surface area contributed by atoms with Crippen molar-refractivity contribution in [3.8, 4) is 0 Å². The standard InChI is InChI=1S/C11H10Cl2N2O/c12-10-2-1-8(5-11(10)13)6-14-7-9-3-4-16-15-9/h1-5,14H,6-7H2. The fourth-order valence-corrected chi connectivity index (χ4v) is 1.63. The quantitative estimate of drug-likeness (QED) is 0.913. The molecule has 1 aromatic heterocycles. The maximum Gasteiger partial charge on any atom is 0.124 e. The number of rotatable bonds is 4. The zero-order valence-electron chi connectivity index (χ0n) is 8.41. The molecule has 0 saturated heterocycles. The molecule has 0 saturated carbocycles. The van der Waals surface area contributed by atoms with E-state index in [9.17, 15) is 0 Å². The van der Waals surface area contributed by atoms with E-state index in [1.54, 1.807) is 12.3 Å². The highest BCUT2D eigenvalue weighted by molar-refractivity contribution is 6.42. The molecule has 84 valence electrons. The SMILES string of the molecule is Clc1ccc(CNCc2ccon2)cc1Cl. The van der Waals surface area contributed by atoms with Gasteiger partial charge in [-0.2, -0.15) is 0 Å². The molecule has 16 heavy (non-hydrogen) atoms. The summed E-state index contributed by atoms with van der Waals surface area (Å²) in [5.41, 5.74) is 1.96. The van der Waals surface area contributed by atoms with Crippen LogP contribution in [0.1, 0.15) is 11.3 Å². The Morgan fingerprint density at radius 3 is 2.69 bits per heavy atom. The van der Waals surface area contributed by atoms with E-state index in [1.807, 2.05) is 18.2 Å². The molecule has 2 aromatic rings. The molecule has 0 bridgehead atoms. The molecule has 3 nitrogen and oxygen atoms in total. The van der Waals surface area contributed by atoms with Gasteiger partial charge in [0.25, 0.3) is 0 Å². The maximum atomic E-state index is 5.91. The molecule has 1 aromatic carbocycles. The molecule has 1 N–H and O–H groups in total. The highest BCUT2D eigenvalue weighted by Gasteiger charge is 2.00. The third-order valence-corrected chi connectivity index (χ3v) is 2.85. The van der Waals surface area contributed by atoms with Crippen molar-refractivity contribution in [2.75, 3.05) is 0 Å². The first-order chi connectivity index (χ1) is 7.75. The van der Waals surface area contributed by atoms with Crippen molar-refractivity contribution in [1.82, 2.24) is 10.5 Å². The van der Waals surface area contributed by atoms with Crippen LogP contribution in [0.25, 0.3) is 0 Å². The van der Waals surface area contributed by atoms with Gasteiger partial charge >= 0.3 is 0 Å². The summed E-state index contributed by atoms with van der Waals surface area (Å²) in [6, 6.07) is 7.39. The minimum Gasteiger partial charge on any atom is -0.364 e. The Bertz CT molecular complexity index is 457. The molecule has 5 heteroatoms. The summed E-state index contributed by atoms with van der Waals surface area (Å²) in [6.45, 7) is 1.38. The van der Waals surface area contributed by atoms with Gasteiger partial charge in [-0.25, -0.2) is 0 Å². The fourth-order valence-electron chi connectivity index (χ4n) is 1.31. The van der Waals surface area contributed by atoms with Crippen LogP contribution < -0.4 is 5.32 Å². The van der Waals surface area contributed by atoms with Gasteiger partial charge < -0.3 is 9.84 Å². The number of benzene rings is 1. The summed E-state index contributed by atoms with van der Waals surface area (Å²) < 4.78 is 4.72. The Morgan fingerprint density at radius 1 is 1.12 bits per heavy atom. The molecular formula is C11H10Cl2N2O. The van der Waals surface area contributed by atoms with Crippen LogP contribution in [-0.2, 0) is 13.1 Å². The van der Waals surface area contributed by atoms with E-state index in [4.69, 9.17) is 27.7 Å². The number of hydrogen-bond donors (Lipinski definition) is 1. The number of nitrogens with zero attached hydrogens (tertiary/aromatic N) is 1. The van der Waals surface area contributed by atoms with Crippen molar-refractivity contribution in [1.29, 1.82) is 0 Å². The van der Waals surface area contributed by atoms with Crippen LogP contribution in [0.3, 0.4) is 0 Å². The molecule has 0 atom stereocenters. The zero-order valence-corrected chi connectivity index (χ0v) is 9.92. The van der Waals surface area contributed by atoms with Crippen LogP contribution in [0.5, 0.6) is 0 Å². The predicted octanol–water partition coefficient (Wildman–Crippen LogP) is 3.27. The highest BCUT2D eigenvalue weighted by atomic mass is 35.5. The molecule has 0 radical (unpaired) electrons. The van der Waals surface area contributed by atoms with E-state index >= 15 is 0 Å². The van der Waals surface area contributed by atoms with E-state index in [0.717, 1.165) is 11.3 Å². The Balaban J connectivity index is 1.87. The van der Waals surface area contributed by atoms with Crippen LogP contribution in [0.4, 0.5) is 0 Å². The largest absolute Gasteiger partial charge is 0.364 e. The highest BCUT2D eigenvalue weighted by Crippen LogP contribution is 2.22. The average molecular weight is 257 g/mol. The Labute approximate surface area is 103 Å². The first-order valence-electron chi connectivity index (χ1n) is 4.79. The van der Waals surface area contributed by atoms with Crippen molar-refractivity contribution < 1.29 is 4.52 Å². The van der Waals surface area contributed by atoms with Crippen LogP contribution in [0.2, 0.25) is 10.0 Å². The molecule has 0 aliphatic carbocycles. The molecule has 1 heterocycles. The summed E-state index contributed by atoms with van der Waals surface area (Å²) in [7, 11) is 0. The lowest BCUT2D eigenvalue weighted by molar-refractivity contribution is 0.408. The first kappa shape index (κ1) is 11.5. The Kier molecular flexibility index (Phi) is 3.83. The predicted molar refractivity (Wildman–Crippen MR) is 63.5 cm³/mol. The third kappa shape index (κ3) is 2.98. The van der Waals surface area contributed by atoms with E-state index in [-0.39, 0.29) is 0 Å². The third-order valence-electron chi connectivity index (χ3n) is 2.11. The topological polar surface area (TPSA) is 38.1 Å². The molecule has 0 unspecified atom stereocenters. The van der Waals surface area contributed by atoms with E-state index in [2.05, 4.69) is 10.5 Å². The summed E-state index contributed by atoms with van der Waals surface area (Å²) in [5, 5.41) is 8.16. The summed E-state index contributed by atoms with van der Waals surface area (Å²) in [6.07, 6.45) is 1.55. The van der Waals surface area contributed by atoms with Gasteiger partial charge in [-0.1, -0.05) is 34.4 Å².